The minimum absolute atomic E-state index is 0.165. The number of hydrogen-bond acceptors (Lipinski definition) is 5. The van der Waals surface area contributed by atoms with Crippen LogP contribution in [0, 0.1) is 0 Å². The van der Waals surface area contributed by atoms with Crippen molar-refractivity contribution < 1.29 is 9.53 Å². The molecule has 118 valence electrons. The van der Waals surface area contributed by atoms with Gasteiger partial charge in [-0.15, -0.1) is 0 Å². The van der Waals surface area contributed by atoms with E-state index in [2.05, 4.69) is 4.99 Å². The van der Waals surface area contributed by atoms with Crippen LogP contribution in [0.15, 0.2) is 45.7 Å². The van der Waals surface area contributed by atoms with Crippen molar-refractivity contribution in [3.63, 3.8) is 0 Å². The average Bonchev–Trinajstić information content (AvgIpc) is 3.16. The van der Waals surface area contributed by atoms with Crippen molar-refractivity contribution >= 4 is 57.5 Å². The lowest BCUT2D eigenvalue weighted by Gasteiger charge is -2.17. The van der Waals surface area contributed by atoms with E-state index in [9.17, 15) is 4.79 Å². The van der Waals surface area contributed by atoms with Gasteiger partial charge in [0.15, 0.2) is 5.17 Å². The zero-order valence-electron chi connectivity index (χ0n) is 12.4. The lowest BCUT2D eigenvalue weighted by molar-refractivity contribution is -0.113. The van der Waals surface area contributed by atoms with E-state index in [0.29, 0.717) is 27.3 Å². The molecule has 2 heterocycles. The van der Waals surface area contributed by atoms with Gasteiger partial charge in [-0.2, -0.15) is 11.3 Å². The molecule has 3 rings (SSSR count). The van der Waals surface area contributed by atoms with E-state index in [1.807, 2.05) is 23.1 Å². The minimum atomic E-state index is -0.165. The Kier molecular flexibility index (Phi) is 4.75. The summed E-state index contributed by atoms with van der Waals surface area (Å²) >= 11 is 9.17. The first-order valence-electron chi connectivity index (χ1n) is 6.68. The van der Waals surface area contributed by atoms with Crippen LogP contribution in [-0.2, 0) is 4.79 Å². The van der Waals surface area contributed by atoms with Crippen molar-refractivity contribution in [3.8, 4) is 5.75 Å². The molecule has 0 spiro atoms. The smallest absolute Gasteiger partial charge is 0.283 e. The van der Waals surface area contributed by atoms with Crippen LogP contribution in [0.4, 0.5) is 5.69 Å². The Morgan fingerprint density at radius 1 is 1.39 bits per heavy atom. The quantitative estimate of drug-likeness (QED) is 0.752. The molecule has 1 amide bonds. The van der Waals surface area contributed by atoms with Gasteiger partial charge in [-0.3, -0.25) is 9.69 Å². The number of thioether (sulfide) groups is 1. The summed E-state index contributed by atoms with van der Waals surface area (Å²) in [6.07, 6.45) is 3.68. The highest BCUT2D eigenvalue weighted by Gasteiger charge is 2.31. The van der Waals surface area contributed by atoms with Crippen LogP contribution in [0.2, 0.25) is 5.02 Å². The molecule has 0 bridgehead atoms. The van der Waals surface area contributed by atoms with Crippen LogP contribution in [0.3, 0.4) is 0 Å². The fourth-order valence-corrected chi connectivity index (χ4v) is 3.60. The summed E-state index contributed by atoms with van der Waals surface area (Å²) in [6, 6.07) is 7.19. The number of benzene rings is 1. The molecule has 7 heteroatoms. The Balaban J connectivity index is 1.98. The molecule has 1 aliphatic heterocycles. The third-order valence-electron chi connectivity index (χ3n) is 3.25. The Morgan fingerprint density at radius 2 is 2.22 bits per heavy atom. The van der Waals surface area contributed by atoms with Crippen molar-refractivity contribution in [2.24, 2.45) is 4.99 Å². The molecule has 0 unspecified atom stereocenters. The molecule has 0 atom stereocenters. The van der Waals surface area contributed by atoms with Gasteiger partial charge < -0.3 is 4.74 Å². The Labute approximate surface area is 147 Å². The zero-order chi connectivity index (χ0) is 16.4. The lowest BCUT2D eigenvalue weighted by atomic mass is 10.2. The number of methoxy groups -OCH3 is 1. The van der Waals surface area contributed by atoms with Crippen LogP contribution in [0.5, 0.6) is 5.75 Å². The van der Waals surface area contributed by atoms with Gasteiger partial charge in [0, 0.05) is 0 Å². The fourth-order valence-electron chi connectivity index (χ4n) is 2.17. The van der Waals surface area contributed by atoms with Crippen LogP contribution >= 0.6 is 34.7 Å². The van der Waals surface area contributed by atoms with E-state index >= 15 is 0 Å². The van der Waals surface area contributed by atoms with Crippen molar-refractivity contribution in [2.45, 2.75) is 0 Å². The summed E-state index contributed by atoms with van der Waals surface area (Å²) < 4.78 is 5.15. The monoisotopic (exact) mass is 364 g/mol. The number of amidine groups is 1. The summed E-state index contributed by atoms with van der Waals surface area (Å²) in [5.74, 6) is 0.403. The number of hydrogen-bond donors (Lipinski definition) is 0. The number of carbonyl (C=O) groups excluding carboxylic acids is 1. The van der Waals surface area contributed by atoms with Crippen molar-refractivity contribution in [1.82, 2.24) is 0 Å². The molecule has 0 aliphatic carbocycles. The van der Waals surface area contributed by atoms with Gasteiger partial charge in [0.1, 0.15) is 11.4 Å². The fraction of sp³-hybridized carbons (Fsp3) is 0.125. The molecule has 0 fully saturated rings. The summed E-state index contributed by atoms with van der Waals surface area (Å²) in [5.41, 5.74) is 2.06. The number of thiophene rings is 1. The maximum Gasteiger partial charge on any atom is 0.283 e. The van der Waals surface area contributed by atoms with Crippen LogP contribution < -0.4 is 9.64 Å². The van der Waals surface area contributed by atoms with Crippen LogP contribution in [0.25, 0.3) is 6.08 Å². The molecule has 23 heavy (non-hydrogen) atoms. The first-order valence-corrected chi connectivity index (χ1v) is 9.23. The number of ether oxygens (including phenoxy) is 1. The van der Waals surface area contributed by atoms with Gasteiger partial charge in [-0.1, -0.05) is 23.4 Å². The highest BCUT2D eigenvalue weighted by Crippen LogP contribution is 2.33. The number of nitrogens with zero attached hydrogens (tertiary/aromatic N) is 2. The van der Waals surface area contributed by atoms with Gasteiger partial charge in [0.2, 0.25) is 0 Å². The van der Waals surface area contributed by atoms with Gasteiger partial charge in [-0.25, -0.2) is 4.99 Å². The van der Waals surface area contributed by atoms with Gasteiger partial charge >= 0.3 is 0 Å². The summed E-state index contributed by atoms with van der Waals surface area (Å²) in [6.45, 7) is 0. The normalized spacial score (nSPS) is 16.1. The number of aliphatic imine (C=N–C) groups is 1. The lowest BCUT2D eigenvalue weighted by Crippen LogP contribution is -2.30. The number of halogens is 1. The van der Waals surface area contributed by atoms with E-state index in [1.54, 1.807) is 47.6 Å². The van der Waals surface area contributed by atoms with E-state index in [0.717, 1.165) is 5.56 Å². The van der Waals surface area contributed by atoms with E-state index < -0.39 is 0 Å². The van der Waals surface area contributed by atoms with Gasteiger partial charge in [0.05, 0.1) is 17.8 Å². The average molecular weight is 365 g/mol. The van der Waals surface area contributed by atoms with E-state index in [-0.39, 0.29) is 5.91 Å². The summed E-state index contributed by atoms with van der Waals surface area (Å²) in [7, 11) is 1.55. The first-order chi connectivity index (χ1) is 11.1. The molecule has 1 aromatic heterocycles. The second-order valence-electron chi connectivity index (χ2n) is 4.64. The standard InChI is InChI=1S/C16H13ClN2O2S2/c1-21-14-4-3-11(8-12(14)17)19-15(20)13(18-16(19)22-2)7-10-5-6-23-9-10/h3-9H,1-2H3/b13-7-. The highest BCUT2D eigenvalue weighted by molar-refractivity contribution is 8.13. The maximum absolute atomic E-state index is 12.7. The summed E-state index contributed by atoms with van der Waals surface area (Å²) in [5, 5.41) is 5.01. The highest BCUT2D eigenvalue weighted by atomic mass is 35.5. The molecule has 0 N–H and O–H groups in total. The van der Waals surface area contributed by atoms with Crippen molar-refractivity contribution in [2.75, 3.05) is 18.3 Å². The molecule has 0 saturated carbocycles. The number of carbonyl (C=O) groups is 1. The van der Waals surface area contributed by atoms with Crippen molar-refractivity contribution in [1.29, 1.82) is 0 Å². The third kappa shape index (κ3) is 3.15. The van der Waals surface area contributed by atoms with E-state index in [4.69, 9.17) is 16.3 Å². The number of rotatable bonds is 3. The van der Waals surface area contributed by atoms with E-state index in [1.165, 1.54) is 11.8 Å². The first kappa shape index (κ1) is 16.1. The topological polar surface area (TPSA) is 41.9 Å². The van der Waals surface area contributed by atoms with Gasteiger partial charge in [0.25, 0.3) is 5.91 Å². The maximum atomic E-state index is 12.7. The second-order valence-corrected chi connectivity index (χ2v) is 6.60. The number of amides is 1. The Bertz CT molecular complexity index is 800. The predicted octanol–water partition coefficient (Wildman–Crippen LogP) is 4.52. The molecule has 2 aromatic rings. The summed E-state index contributed by atoms with van der Waals surface area (Å²) in [4.78, 5) is 18.7. The SMILES string of the molecule is COc1ccc(N2C(=O)/C(=C/c3ccsc3)N=C2SC)cc1Cl. The molecule has 1 aliphatic rings. The third-order valence-corrected chi connectivity index (χ3v) is 4.89. The molecular formula is C16H13ClN2O2S2. The Morgan fingerprint density at radius 3 is 2.83 bits per heavy atom. The molecular weight excluding hydrogens is 352 g/mol. The predicted molar refractivity (Wildman–Crippen MR) is 98.7 cm³/mol. The zero-order valence-corrected chi connectivity index (χ0v) is 14.8. The minimum Gasteiger partial charge on any atom is -0.495 e. The Hall–Kier alpha value is -1.76. The number of anilines is 1. The molecule has 1 aromatic carbocycles. The van der Waals surface area contributed by atoms with Crippen molar-refractivity contribution in [3.05, 3.63) is 51.3 Å². The molecule has 0 saturated heterocycles. The largest absolute Gasteiger partial charge is 0.495 e. The van der Waals surface area contributed by atoms with Crippen LogP contribution in [-0.4, -0.2) is 24.4 Å². The van der Waals surface area contributed by atoms with Gasteiger partial charge in [-0.05, 0) is 52.9 Å². The second kappa shape index (κ2) is 6.78. The molecule has 0 radical (unpaired) electrons. The molecule has 4 nitrogen and oxygen atoms in total. The van der Waals surface area contributed by atoms with Crippen LogP contribution in [0.1, 0.15) is 5.56 Å².